The van der Waals surface area contributed by atoms with Crippen molar-refractivity contribution in [2.45, 2.75) is 23.8 Å². The third-order valence-electron chi connectivity index (χ3n) is 2.68. The summed E-state index contributed by atoms with van der Waals surface area (Å²) in [5.74, 6) is -0.503. The summed E-state index contributed by atoms with van der Waals surface area (Å²) in [5.41, 5.74) is 0. The van der Waals surface area contributed by atoms with Crippen LogP contribution in [0.4, 0.5) is 4.39 Å². The predicted octanol–water partition coefficient (Wildman–Crippen LogP) is 2.22. The minimum Gasteiger partial charge on any atom is -0.207 e. The van der Waals surface area contributed by atoms with Crippen molar-refractivity contribution in [2.75, 3.05) is 12.4 Å². The standard InChI is InChI=1S/C11H13ClFNO2S/c12-7-8-14(9-5-6-9)17(15,16)11-4-2-1-3-10(11)13/h1-4,9H,5-8H2. The largest absolute Gasteiger partial charge is 0.246 e. The van der Waals surface area contributed by atoms with Crippen molar-refractivity contribution in [2.24, 2.45) is 0 Å². The van der Waals surface area contributed by atoms with Crippen molar-refractivity contribution in [1.29, 1.82) is 0 Å². The summed E-state index contributed by atoms with van der Waals surface area (Å²) in [6.45, 7) is 0.225. The Morgan fingerprint density at radius 1 is 1.35 bits per heavy atom. The van der Waals surface area contributed by atoms with Crippen LogP contribution in [0.25, 0.3) is 0 Å². The third kappa shape index (κ3) is 2.61. The lowest BCUT2D eigenvalue weighted by Gasteiger charge is -2.20. The van der Waals surface area contributed by atoms with Crippen LogP contribution in [0, 0.1) is 5.82 Å². The summed E-state index contributed by atoms with van der Waals surface area (Å²) in [7, 11) is -3.76. The number of halogens is 2. The first-order valence-electron chi connectivity index (χ1n) is 5.39. The van der Waals surface area contributed by atoms with Crippen molar-refractivity contribution < 1.29 is 12.8 Å². The molecular formula is C11H13ClFNO2S. The second-order valence-corrected chi connectivity index (χ2v) is 6.20. The molecule has 94 valence electrons. The number of benzene rings is 1. The van der Waals surface area contributed by atoms with Crippen molar-refractivity contribution in [1.82, 2.24) is 4.31 Å². The highest BCUT2D eigenvalue weighted by molar-refractivity contribution is 7.89. The molecule has 6 heteroatoms. The lowest BCUT2D eigenvalue weighted by Crippen LogP contribution is -2.35. The summed E-state index contributed by atoms with van der Waals surface area (Å²) in [6.07, 6.45) is 1.65. The number of alkyl halides is 1. The SMILES string of the molecule is O=S(=O)(c1ccccc1F)N(CCCl)C1CC1. The van der Waals surface area contributed by atoms with E-state index in [1.54, 1.807) is 0 Å². The van der Waals surface area contributed by atoms with Crippen molar-refractivity contribution in [3.63, 3.8) is 0 Å². The van der Waals surface area contributed by atoms with Gasteiger partial charge in [-0.25, -0.2) is 12.8 Å². The van der Waals surface area contributed by atoms with E-state index in [4.69, 9.17) is 11.6 Å². The molecule has 0 bridgehead atoms. The zero-order chi connectivity index (χ0) is 12.5. The zero-order valence-electron chi connectivity index (χ0n) is 9.14. The second-order valence-electron chi connectivity index (χ2n) is 3.97. The van der Waals surface area contributed by atoms with E-state index < -0.39 is 15.8 Å². The normalized spacial score (nSPS) is 16.4. The molecule has 0 N–H and O–H groups in total. The molecule has 1 aliphatic carbocycles. The van der Waals surface area contributed by atoms with E-state index in [9.17, 15) is 12.8 Å². The molecule has 0 aromatic heterocycles. The molecule has 2 rings (SSSR count). The first-order valence-corrected chi connectivity index (χ1v) is 7.37. The first kappa shape index (κ1) is 12.8. The summed E-state index contributed by atoms with van der Waals surface area (Å²) in [4.78, 5) is -0.267. The summed E-state index contributed by atoms with van der Waals surface area (Å²) < 4.78 is 39.3. The fourth-order valence-corrected chi connectivity index (χ4v) is 3.76. The van der Waals surface area contributed by atoms with E-state index in [1.807, 2.05) is 0 Å². The Balaban J connectivity index is 2.37. The van der Waals surface area contributed by atoms with Crippen LogP contribution in [0.2, 0.25) is 0 Å². The van der Waals surface area contributed by atoms with Gasteiger partial charge in [0.15, 0.2) is 0 Å². The molecule has 3 nitrogen and oxygen atoms in total. The molecule has 0 unspecified atom stereocenters. The smallest absolute Gasteiger partial charge is 0.207 e. The Labute approximate surface area is 105 Å². The minimum absolute atomic E-state index is 0.0154. The van der Waals surface area contributed by atoms with Crippen molar-refractivity contribution in [3.8, 4) is 0 Å². The van der Waals surface area contributed by atoms with E-state index >= 15 is 0 Å². The van der Waals surface area contributed by atoms with Crippen LogP contribution in [0.1, 0.15) is 12.8 Å². The Morgan fingerprint density at radius 2 is 2.00 bits per heavy atom. The van der Waals surface area contributed by atoms with Crippen molar-refractivity contribution in [3.05, 3.63) is 30.1 Å². The molecule has 0 heterocycles. The third-order valence-corrected chi connectivity index (χ3v) is 4.84. The van der Waals surface area contributed by atoms with Gasteiger partial charge in [-0.3, -0.25) is 0 Å². The molecule has 1 aliphatic rings. The monoisotopic (exact) mass is 277 g/mol. The molecular weight excluding hydrogens is 265 g/mol. The molecule has 0 aliphatic heterocycles. The Hall–Kier alpha value is -0.650. The number of hydrogen-bond acceptors (Lipinski definition) is 2. The number of sulfonamides is 1. The minimum atomic E-state index is -3.76. The number of rotatable bonds is 5. The van der Waals surface area contributed by atoms with Gasteiger partial charge in [-0.1, -0.05) is 12.1 Å². The molecule has 0 atom stereocenters. The predicted molar refractivity (Wildman–Crippen MR) is 64.0 cm³/mol. The van der Waals surface area contributed by atoms with Gasteiger partial charge in [-0.05, 0) is 25.0 Å². The molecule has 0 saturated heterocycles. The molecule has 17 heavy (non-hydrogen) atoms. The van der Waals surface area contributed by atoms with Crippen LogP contribution in [0.3, 0.4) is 0 Å². The summed E-state index contributed by atoms with van der Waals surface area (Å²) in [6, 6.07) is 5.41. The van der Waals surface area contributed by atoms with E-state index in [-0.39, 0.29) is 23.4 Å². The average Bonchev–Trinajstić information content (AvgIpc) is 3.10. The fourth-order valence-electron chi connectivity index (χ4n) is 1.73. The van der Waals surface area contributed by atoms with Gasteiger partial charge < -0.3 is 0 Å². The van der Waals surface area contributed by atoms with Crippen LogP contribution < -0.4 is 0 Å². The van der Waals surface area contributed by atoms with E-state index in [0.29, 0.717) is 0 Å². The van der Waals surface area contributed by atoms with Gasteiger partial charge in [0, 0.05) is 18.5 Å². The maximum absolute atomic E-state index is 13.5. The highest BCUT2D eigenvalue weighted by Crippen LogP contribution is 2.32. The molecule has 0 spiro atoms. The van der Waals surface area contributed by atoms with Crippen LogP contribution in [-0.4, -0.2) is 31.2 Å². The van der Waals surface area contributed by atoms with Crippen LogP contribution in [0.15, 0.2) is 29.2 Å². The van der Waals surface area contributed by atoms with E-state index in [0.717, 1.165) is 18.9 Å². The maximum atomic E-state index is 13.5. The highest BCUT2D eigenvalue weighted by atomic mass is 35.5. The summed E-state index contributed by atoms with van der Waals surface area (Å²) in [5, 5.41) is 0. The van der Waals surface area contributed by atoms with E-state index in [1.165, 1.54) is 22.5 Å². The lowest BCUT2D eigenvalue weighted by atomic mass is 10.4. The van der Waals surface area contributed by atoms with Gasteiger partial charge >= 0.3 is 0 Å². The number of hydrogen-bond donors (Lipinski definition) is 0. The van der Waals surface area contributed by atoms with Crippen LogP contribution >= 0.6 is 11.6 Å². The molecule has 1 saturated carbocycles. The lowest BCUT2D eigenvalue weighted by molar-refractivity contribution is 0.418. The quantitative estimate of drug-likeness (QED) is 0.774. The first-order chi connectivity index (χ1) is 8.07. The molecule has 0 amide bonds. The number of nitrogens with zero attached hydrogens (tertiary/aromatic N) is 1. The van der Waals surface area contributed by atoms with Crippen LogP contribution in [-0.2, 0) is 10.0 Å². The fraction of sp³-hybridized carbons (Fsp3) is 0.455. The van der Waals surface area contributed by atoms with Crippen LogP contribution in [0.5, 0.6) is 0 Å². The van der Waals surface area contributed by atoms with Gasteiger partial charge in [0.25, 0.3) is 0 Å². The zero-order valence-corrected chi connectivity index (χ0v) is 10.7. The topological polar surface area (TPSA) is 37.4 Å². The second kappa shape index (κ2) is 4.92. The van der Waals surface area contributed by atoms with Crippen molar-refractivity contribution >= 4 is 21.6 Å². The van der Waals surface area contributed by atoms with Gasteiger partial charge in [0.05, 0.1) is 0 Å². The summed E-state index contributed by atoms with van der Waals surface area (Å²) >= 11 is 5.60. The van der Waals surface area contributed by atoms with Gasteiger partial charge in [-0.15, -0.1) is 11.6 Å². The van der Waals surface area contributed by atoms with Gasteiger partial charge in [0.2, 0.25) is 10.0 Å². The average molecular weight is 278 g/mol. The Morgan fingerprint density at radius 3 is 2.53 bits per heavy atom. The maximum Gasteiger partial charge on any atom is 0.246 e. The van der Waals surface area contributed by atoms with E-state index in [2.05, 4.69) is 0 Å². The van der Waals surface area contributed by atoms with Gasteiger partial charge in [-0.2, -0.15) is 4.31 Å². The van der Waals surface area contributed by atoms with Gasteiger partial charge in [0.1, 0.15) is 10.7 Å². The molecule has 1 aromatic carbocycles. The molecule has 1 aromatic rings. The molecule has 1 fully saturated rings. The molecule has 0 radical (unpaired) electrons. The Kier molecular flexibility index (Phi) is 3.70. The highest BCUT2D eigenvalue weighted by Gasteiger charge is 2.38. The Bertz CT molecular complexity index is 502.